The molecule has 1 aliphatic carbocycles. The fourth-order valence-corrected chi connectivity index (χ4v) is 3.66. The molecule has 0 spiro atoms. The van der Waals surface area contributed by atoms with E-state index in [1.54, 1.807) is 6.20 Å². The summed E-state index contributed by atoms with van der Waals surface area (Å²) in [7, 11) is 0. The predicted molar refractivity (Wildman–Crippen MR) is 101 cm³/mol. The van der Waals surface area contributed by atoms with Gasteiger partial charge in [-0.1, -0.05) is 31.4 Å². The van der Waals surface area contributed by atoms with Crippen molar-refractivity contribution in [3.63, 3.8) is 0 Å². The molecule has 130 valence electrons. The molecule has 1 saturated carbocycles. The minimum absolute atomic E-state index is 0.0111. The first-order valence-electron chi connectivity index (χ1n) is 9.04. The summed E-state index contributed by atoms with van der Waals surface area (Å²) >= 11 is 0. The first-order valence-corrected chi connectivity index (χ1v) is 9.04. The maximum Gasteiger partial charge on any atom is 0.251 e. The Hall–Kier alpha value is -3.13. The van der Waals surface area contributed by atoms with Crippen LogP contribution >= 0.6 is 0 Å². The molecule has 1 amide bonds. The van der Waals surface area contributed by atoms with Crippen LogP contribution in [0.25, 0.3) is 22.2 Å². The molecule has 3 aromatic rings. The number of hydrogen-bond donors (Lipinski definition) is 2. The van der Waals surface area contributed by atoms with Crippen LogP contribution in [-0.4, -0.2) is 21.9 Å². The highest BCUT2D eigenvalue weighted by molar-refractivity contribution is 5.97. The van der Waals surface area contributed by atoms with E-state index >= 15 is 0 Å². The van der Waals surface area contributed by atoms with Crippen molar-refractivity contribution in [3.05, 3.63) is 53.9 Å². The van der Waals surface area contributed by atoms with E-state index in [0.29, 0.717) is 17.2 Å². The van der Waals surface area contributed by atoms with E-state index in [1.807, 2.05) is 36.5 Å². The minimum atomic E-state index is -0.0111. The molecule has 1 aromatic carbocycles. The third-order valence-corrected chi connectivity index (χ3v) is 5.08. The second-order valence-corrected chi connectivity index (χ2v) is 6.78. The van der Waals surface area contributed by atoms with Crippen molar-refractivity contribution < 1.29 is 4.79 Å². The second kappa shape index (κ2) is 7.01. The third kappa shape index (κ3) is 3.06. The Morgan fingerprint density at radius 1 is 1.15 bits per heavy atom. The number of H-pyrrole nitrogens is 1. The summed E-state index contributed by atoms with van der Waals surface area (Å²) in [6.07, 6.45) is 9.20. The number of carbonyl (C=O) groups is 1. The molecule has 5 nitrogen and oxygen atoms in total. The molecule has 4 rings (SSSR count). The van der Waals surface area contributed by atoms with Crippen molar-refractivity contribution in [3.8, 4) is 17.3 Å². The van der Waals surface area contributed by atoms with Crippen molar-refractivity contribution in [2.75, 3.05) is 0 Å². The van der Waals surface area contributed by atoms with Gasteiger partial charge in [0.05, 0.1) is 16.8 Å². The van der Waals surface area contributed by atoms with Crippen LogP contribution in [0.1, 0.15) is 48.0 Å². The predicted octanol–water partition coefficient (Wildman–Crippen LogP) is 4.16. The second-order valence-electron chi connectivity index (χ2n) is 6.78. The van der Waals surface area contributed by atoms with Gasteiger partial charge < -0.3 is 10.3 Å². The molecule has 2 aromatic heterocycles. The zero-order valence-electron chi connectivity index (χ0n) is 14.5. The van der Waals surface area contributed by atoms with E-state index in [2.05, 4.69) is 21.4 Å². The summed E-state index contributed by atoms with van der Waals surface area (Å²) < 4.78 is 0. The van der Waals surface area contributed by atoms with Crippen molar-refractivity contribution in [1.82, 2.24) is 15.3 Å². The van der Waals surface area contributed by atoms with Gasteiger partial charge in [0, 0.05) is 34.9 Å². The fraction of sp³-hybridized carbons (Fsp3) is 0.286. The van der Waals surface area contributed by atoms with Gasteiger partial charge in [-0.15, -0.1) is 0 Å². The molecule has 5 heteroatoms. The number of nitrogens with zero attached hydrogens (tertiary/aromatic N) is 2. The molecule has 0 bridgehead atoms. The zero-order valence-corrected chi connectivity index (χ0v) is 14.5. The SMILES string of the molecule is N#Cc1cnc(-c2ccc(C(=O)NC3CCCCC3)cc2)c2cc[nH]c12. The van der Waals surface area contributed by atoms with Crippen molar-refractivity contribution in [2.24, 2.45) is 0 Å². The standard InChI is InChI=1S/C21H20N4O/c22-12-16-13-24-19(18-10-11-23-20(16)18)14-6-8-15(9-7-14)21(26)25-17-4-2-1-3-5-17/h6-11,13,17,23H,1-5H2,(H,25,26). The normalized spacial score (nSPS) is 14.9. The largest absolute Gasteiger partial charge is 0.360 e. The molecule has 2 heterocycles. The lowest BCUT2D eigenvalue weighted by Crippen LogP contribution is -2.36. The number of nitriles is 1. The van der Waals surface area contributed by atoms with Gasteiger partial charge >= 0.3 is 0 Å². The number of nitrogens with one attached hydrogen (secondary N) is 2. The number of rotatable bonds is 3. The Labute approximate surface area is 152 Å². The molecule has 1 aliphatic rings. The number of aromatic nitrogens is 2. The highest BCUT2D eigenvalue weighted by Gasteiger charge is 2.17. The van der Waals surface area contributed by atoms with Crippen LogP contribution in [0.3, 0.4) is 0 Å². The van der Waals surface area contributed by atoms with Crippen LogP contribution in [0.15, 0.2) is 42.7 Å². The quantitative estimate of drug-likeness (QED) is 0.748. The Balaban J connectivity index is 1.57. The van der Waals surface area contributed by atoms with Gasteiger partial charge in [-0.3, -0.25) is 9.78 Å². The molecule has 2 N–H and O–H groups in total. The van der Waals surface area contributed by atoms with Crippen LogP contribution in [0, 0.1) is 11.3 Å². The Kier molecular flexibility index (Phi) is 4.40. The van der Waals surface area contributed by atoms with Crippen LogP contribution in [0.2, 0.25) is 0 Å². The molecular weight excluding hydrogens is 324 g/mol. The fourth-order valence-electron chi connectivity index (χ4n) is 3.66. The van der Waals surface area contributed by atoms with Crippen molar-refractivity contribution in [1.29, 1.82) is 5.26 Å². The summed E-state index contributed by atoms with van der Waals surface area (Å²) in [5, 5.41) is 13.2. The molecule has 0 aliphatic heterocycles. The number of pyridine rings is 1. The van der Waals surface area contributed by atoms with Gasteiger partial charge in [0.2, 0.25) is 0 Å². The summed E-state index contributed by atoms with van der Waals surface area (Å²) in [4.78, 5) is 20.0. The molecule has 0 radical (unpaired) electrons. The number of benzene rings is 1. The third-order valence-electron chi connectivity index (χ3n) is 5.08. The first kappa shape index (κ1) is 16.3. The van der Waals surface area contributed by atoms with E-state index < -0.39 is 0 Å². The highest BCUT2D eigenvalue weighted by atomic mass is 16.1. The van der Waals surface area contributed by atoms with Gasteiger partial charge in [0.15, 0.2) is 0 Å². The lowest BCUT2D eigenvalue weighted by atomic mass is 9.95. The maximum absolute atomic E-state index is 12.4. The number of amides is 1. The van der Waals surface area contributed by atoms with E-state index in [-0.39, 0.29) is 5.91 Å². The molecule has 1 fully saturated rings. The summed E-state index contributed by atoms with van der Waals surface area (Å²) in [6.45, 7) is 0. The topological polar surface area (TPSA) is 81.6 Å². The van der Waals surface area contributed by atoms with E-state index in [9.17, 15) is 10.1 Å². The van der Waals surface area contributed by atoms with E-state index in [1.165, 1.54) is 19.3 Å². The smallest absolute Gasteiger partial charge is 0.251 e. The average molecular weight is 344 g/mol. The van der Waals surface area contributed by atoms with Crippen LogP contribution in [0.5, 0.6) is 0 Å². The van der Waals surface area contributed by atoms with Crippen LogP contribution in [0.4, 0.5) is 0 Å². The lowest BCUT2D eigenvalue weighted by Gasteiger charge is -2.22. The lowest BCUT2D eigenvalue weighted by molar-refractivity contribution is 0.0927. The molecule has 0 atom stereocenters. The van der Waals surface area contributed by atoms with Gasteiger partial charge in [-0.25, -0.2) is 0 Å². The number of aromatic amines is 1. The van der Waals surface area contributed by atoms with Gasteiger partial charge in [-0.05, 0) is 31.0 Å². The van der Waals surface area contributed by atoms with Crippen molar-refractivity contribution in [2.45, 2.75) is 38.1 Å². The number of carbonyl (C=O) groups excluding carboxylic acids is 1. The zero-order chi connectivity index (χ0) is 17.9. The van der Waals surface area contributed by atoms with Crippen molar-refractivity contribution >= 4 is 16.8 Å². The summed E-state index contributed by atoms with van der Waals surface area (Å²) in [5.74, 6) is -0.0111. The van der Waals surface area contributed by atoms with Crippen LogP contribution in [-0.2, 0) is 0 Å². The van der Waals surface area contributed by atoms with Gasteiger partial charge in [-0.2, -0.15) is 5.26 Å². The maximum atomic E-state index is 12.4. The molecular formula is C21H20N4O. The average Bonchev–Trinajstić information content (AvgIpc) is 3.18. The Morgan fingerprint density at radius 2 is 1.92 bits per heavy atom. The van der Waals surface area contributed by atoms with Gasteiger partial charge in [0.1, 0.15) is 6.07 Å². The molecule has 26 heavy (non-hydrogen) atoms. The van der Waals surface area contributed by atoms with E-state index in [4.69, 9.17) is 0 Å². The molecule has 0 unspecified atom stereocenters. The highest BCUT2D eigenvalue weighted by Crippen LogP contribution is 2.28. The Morgan fingerprint density at radius 3 is 2.65 bits per heavy atom. The van der Waals surface area contributed by atoms with E-state index in [0.717, 1.165) is 35.0 Å². The first-order chi connectivity index (χ1) is 12.8. The Bertz CT molecular complexity index is 975. The molecule has 0 saturated heterocycles. The minimum Gasteiger partial charge on any atom is -0.360 e. The number of hydrogen-bond acceptors (Lipinski definition) is 3. The number of fused-ring (bicyclic) bond motifs is 1. The summed E-state index contributed by atoms with van der Waals surface area (Å²) in [6, 6.07) is 11.9. The van der Waals surface area contributed by atoms with Crippen LogP contribution < -0.4 is 5.32 Å². The summed E-state index contributed by atoms with van der Waals surface area (Å²) in [5.41, 5.74) is 3.71. The van der Waals surface area contributed by atoms with Gasteiger partial charge in [0.25, 0.3) is 5.91 Å². The monoisotopic (exact) mass is 344 g/mol.